The number of aryl methyl sites for hydroxylation is 1. The smallest absolute Gasteiger partial charge is 0.188 e. The first-order valence-electron chi connectivity index (χ1n) is 6.00. The highest BCUT2D eigenvalue weighted by Gasteiger charge is 1.96. The van der Waals surface area contributed by atoms with E-state index in [2.05, 4.69) is 16.9 Å². The molecule has 0 amide bonds. The van der Waals surface area contributed by atoms with E-state index in [1.165, 1.54) is 6.07 Å². The Labute approximate surface area is 131 Å². The molecule has 0 spiro atoms. The molecule has 0 aliphatic heterocycles. The number of hydrogen-bond acceptors (Lipinski definition) is 1. The number of rotatable bonds is 6. The lowest BCUT2D eigenvalue weighted by molar-refractivity contribution is 0.624. The van der Waals surface area contributed by atoms with Gasteiger partial charge in [0.15, 0.2) is 5.96 Å². The standard InChI is InChI=1S/C14H20FN3.HI/c1-11(2)10-18-14(16)17-8-4-6-12-5-3-7-13(15)9-12;/h3,5,7,9H,1,4,6,8,10H2,2H3,(H3,16,17,18);1H. The van der Waals surface area contributed by atoms with Crippen molar-refractivity contribution in [1.82, 2.24) is 5.32 Å². The number of nitrogens with two attached hydrogens (primary N) is 1. The number of halogens is 2. The number of hydrogen-bond donors (Lipinski definition) is 2. The van der Waals surface area contributed by atoms with E-state index in [-0.39, 0.29) is 29.8 Å². The molecule has 1 rings (SSSR count). The van der Waals surface area contributed by atoms with Crippen molar-refractivity contribution in [2.75, 3.05) is 13.1 Å². The molecular formula is C14H21FIN3. The van der Waals surface area contributed by atoms with Gasteiger partial charge < -0.3 is 11.1 Å². The summed E-state index contributed by atoms with van der Waals surface area (Å²) in [6, 6.07) is 6.64. The molecule has 0 atom stereocenters. The van der Waals surface area contributed by atoms with Crippen LogP contribution in [0, 0.1) is 5.82 Å². The molecule has 0 heterocycles. The van der Waals surface area contributed by atoms with Crippen LogP contribution in [-0.4, -0.2) is 19.0 Å². The summed E-state index contributed by atoms with van der Waals surface area (Å²) in [6.45, 7) is 6.92. The second-order valence-corrected chi connectivity index (χ2v) is 4.32. The third kappa shape index (κ3) is 8.58. The summed E-state index contributed by atoms with van der Waals surface area (Å²) in [5.74, 6) is 0.236. The molecule has 5 heteroatoms. The number of nitrogens with one attached hydrogen (secondary N) is 1. The van der Waals surface area contributed by atoms with Crippen molar-refractivity contribution < 1.29 is 4.39 Å². The van der Waals surface area contributed by atoms with Gasteiger partial charge in [0.1, 0.15) is 5.82 Å². The van der Waals surface area contributed by atoms with E-state index in [0.717, 1.165) is 30.5 Å². The van der Waals surface area contributed by atoms with Gasteiger partial charge >= 0.3 is 0 Å². The third-order valence-electron chi connectivity index (χ3n) is 2.36. The van der Waals surface area contributed by atoms with Crippen LogP contribution in [0.3, 0.4) is 0 Å². The number of guanidine groups is 1. The SMILES string of the molecule is C=C(C)CN=C(N)NCCCc1cccc(F)c1.I. The predicted molar refractivity (Wildman–Crippen MR) is 89.4 cm³/mol. The van der Waals surface area contributed by atoms with Gasteiger partial charge in [-0.1, -0.05) is 24.3 Å². The molecule has 0 saturated carbocycles. The highest BCUT2D eigenvalue weighted by molar-refractivity contribution is 14.0. The minimum Gasteiger partial charge on any atom is -0.370 e. The van der Waals surface area contributed by atoms with Crippen LogP contribution in [0.15, 0.2) is 41.4 Å². The maximum Gasteiger partial charge on any atom is 0.188 e. The van der Waals surface area contributed by atoms with Crippen molar-refractivity contribution >= 4 is 29.9 Å². The second kappa shape index (κ2) is 9.77. The molecule has 0 aliphatic rings. The average Bonchev–Trinajstić information content (AvgIpc) is 2.32. The Morgan fingerprint density at radius 2 is 2.21 bits per heavy atom. The Morgan fingerprint density at radius 1 is 1.47 bits per heavy atom. The normalized spacial score (nSPS) is 10.7. The van der Waals surface area contributed by atoms with Crippen LogP contribution in [-0.2, 0) is 6.42 Å². The van der Waals surface area contributed by atoms with E-state index in [1.807, 2.05) is 13.0 Å². The maximum absolute atomic E-state index is 12.9. The Hall–Kier alpha value is -1.11. The summed E-state index contributed by atoms with van der Waals surface area (Å²) in [6.07, 6.45) is 1.70. The van der Waals surface area contributed by atoms with Gasteiger partial charge in [0.2, 0.25) is 0 Å². The highest BCUT2D eigenvalue weighted by Crippen LogP contribution is 2.05. The molecule has 19 heavy (non-hydrogen) atoms. The zero-order chi connectivity index (χ0) is 13.4. The first kappa shape index (κ1) is 17.9. The molecule has 1 aromatic carbocycles. The molecule has 0 radical (unpaired) electrons. The zero-order valence-electron chi connectivity index (χ0n) is 11.2. The van der Waals surface area contributed by atoms with E-state index < -0.39 is 0 Å². The summed E-state index contributed by atoms with van der Waals surface area (Å²) in [5.41, 5.74) is 7.63. The number of aliphatic imine (C=N–C) groups is 1. The fourth-order valence-electron chi connectivity index (χ4n) is 1.48. The molecule has 0 aliphatic carbocycles. The lowest BCUT2D eigenvalue weighted by Gasteiger charge is -2.06. The minimum atomic E-state index is -0.192. The molecule has 0 unspecified atom stereocenters. The molecule has 0 saturated heterocycles. The Balaban J connectivity index is 0.00000324. The lowest BCUT2D eigenvalue weighted by atomic mass is 10.1. The number of nitrogens with zero attached hydrogens (tertiary/aromatic N) is 1. The quantitative estimate of drug-likeness (QED) is 0.263. The zero-order valence-corrected chi connectivity index (χ0v) is 13.5. The van der Waals surface area contributed by atoms with E-state index in [1.54, 1.807) is 12.1 Å². The average molecular weight is 377 g/mol. The van der Waals surface area contributed by atoms with E-state index >= 15 is 0 Å². The molecule has 3 N–H and O–H groups in total. The van der Waals surface area contributed by atoms with Crippen LogP contribution in [0.1, 0.15) is 18.9 Å². The first-order chi connectivity index (χ1) is 8.58. The van der Waals surface area contributed by atoms with Crippen molar-refractivity contribution in [3.63, 3.8) is 0 Å². The van der Waals surface area contributed by atoms with Crippen molar-refractivity contribution in [3.05, 3.63) is 47.8 Å². The van der Waals surface area contributed by atoms with Gasteiger partial charge in [-0.15, -0.1) is 24.0 Å². The van der Waals surface area contributed by atoms with E-state index in [9.17, 15) is 4.39 Å². The summed E-state index contributed by atoms with van der Waals surface area (Å²) < 4.78 is 12.9. The maximum atomic E-state index is 12.9. The van der Waals surface area contributed by atoms with E-state index in [4.69, 9.17) is 5.73 Å². The molecule has 3 nitrogen and oxygen atoms in total. The molecule has 0 aromatic heterocycles. The topological polar surface area (TPSA) is 50.4 Å². The fraction of sp³-hybridized carbons (Fsp3) is 0.357. The van der Waals surface area contributed by atoms with Gasteiger partial charge in [0.25, 0.3) is 0 Å². The number of benzene rings is 1. The summed E-state index contributed by atoms with van der Waals surface area (Å²) in [5, 5.41) is 3.02. The van der Waals surface area contributed by atoms with Crippen molar-refractivity contribution in [1.29, 1.82) is 0 Å². The molecule has 1 aromatic rings. The first-order valence-corrected chi connectivity index (χ1v) is 6.00. The van der Waals surface area contributed by atoms with Crippen LogP contribution >= 0.6 is 24.0 Å². The second-order valence-electron chi connectivity index (χ2n) is 4.32. The van der Waals surface area contributed by atoms with Crippen LogP contribution in [0.2, 0.25) is 0 Å². The molecular weight excluding hydrogens is 356 g/mol. The summed E-state index contributed by atoms with van der Waals surface area (Å²) in [7, 11) is 0. The van der Waals surface area contributed by atoms with Crippen LogP contribution in [0.4, 0.5) is 4.39 Å². The fourth-order valence-corrected chi connectivity index (χ4v) is 1.48. The Bertz CT molecular complexity index is 432. The van der Waals surface area contributed by atoms with Gasteiger partial charge in [0, 0.05) is 6.54 Å². The largest absolute Gasteiger partial charge is 0.370 e. The molecule has 0 fully saturated rings. The van der Waals surface area contributed by atoms with Gasteiger partial charge in [-0.3, -0.25) is 0 Å². The van der Waals surface area contributed by atoms with Crippen molar-refractivity contribution in [2.24, 2.45) is 10.7 Å². The van der Waals surface area contributed by atoms with Crippen LogP contribution < -0.4 is 11.1 Å². The van der Waals surface area contributed by atoms with Gasteiger partial charge in [-0.25, -0.2) is 9.38 Å². The van der Waals surface area contributed by atoms with E-state index in [0.29, 0.717) is 12.5 Å². The monoisotopic (exact) mass is 377 g/mol. The van der Waals surface area contributed by atoms with Gasteiger partial charge in [-0.2, -0.15) is 0 Å². The summed E-state index contributed by atoms with van der Waals surface area (Å²) in [4.78, 5) is 4.11. The highest BCUT2D eigenvalue weighted by atomic mass is 127. The van der Waals surface area contributed by atoms with Crippen molar-refractivity contribution in [2.45, 2.75) is 19.8 Å². The third-order valence-corrected chi connectivity index (χ3v) is 2.36. The minimum absolute atomic E-state index is 0. The van der Waals surface area contributed by atoms with Crippen LogP contribution in [0.25, 0.3) is 0 Å². The van der Waals surface area contributed by atoms with Crippen LogP contribution in [0.5, 0.6) is 0 Å². The van der Waals surface area contributed by atoms with Gasteiger partial charge in [-0.05, 0) is 37.5 Å². The summed E-state index contributed by atoms with van der Waals surface area (Å²) >= 11 is 0. The Kier molecular flexibility index (Phi) is 9.20. The van der Waals surface area contributed by atoms with Gasteiger partial charge in [0.05, 0.1) is 6.54 Å². The lowest BCUT2D eigenvalue weighted by Crippen LogP contribution is -2.32. The van der Waals surface area contributed by atoms with Crippen molar-refractivity contribution in [3.8, 4) is 0 Å². The Morgan fingerprint density at radius 3 is 2.84 bits per heavy atom. The molecule has 0 bridgehead atoms. The predicted octanol–water partition coefficient (Wildman–Crippen LogP) is 2.86. The molecule has 106 valence electrons.